The lowest BCUT2D eigenvalue weighted by molar-refractivity contribution is -0.305. The van der Waals surface area contributed by atoms with Gasteiger partial charge in [-0.2, -0.15) is 13.2 Å². The summed E-state index contributed by atoms with van der Waals surface area (Å²) < 4.78 is 48.6. The number of hydrogen-bond donors (Lipinski definition) is 0. The van der Waals surface area contributed by atoms with E-state index in [0.29, 0.717) is 19.4 Å². The van der Waals surface area contributed by atoms with Gasteiger partial charge < -0.3 is 4.74 Å². The summed E-state index contributed by atoms with van der Waals surface area (Å²) in [4.78, 5) is 7.26. The lowest BCUT2D eigenvalue weighted by Crippen LogP contribution is -2.48. The fourth-order valence-corrected chi connectivity index (χ4v) is 4.86. The molecule has 0 aliphatic carbocycles. The Hall–Kier alpha value is -1.44. The number of pyridine rings is 1. The van der Waals surface area contributed by atoms with Crippen LogP contribution in [-0.4, -0.2) is 35.7 Å². The van der Waals surface area contributed by atoms with E-state index < -0.39 is 17.1 Å². The summed E-state index contributed by atoms with van der Waals surface area (Å²) in [6.07, 6.45) is -0.425. The Labute approximate surface area is 174 Å². The molecule has 0 unspecified atom stereocenters. The molecule has 0 bridgehead atoms. The molecule has 0 radical (unpaired) electrons. The van der Waals surface area contributed by atoms with Gasteiger partial charge in [-0.05, 0) is 77.3 Å². The van der Waals surface area contributed by atoms with Crippen LogP contribution in [0.1, 0.15) is 49.7 Å². The molecule has 29 heavy (non-hydrogen) atoms. The first-order chi connectivity index (χ1) is 13.6. The number of aromatic nitrogens is 1. The summed E-state index contributed by atoms with van der Waals surface area (Å²) in [5.74, 6) is 0. The molecule has 1 atom stereocenters. The van der Waals surface area contributed by atoms with Crippen LogP contribution >= 0.6 is 11.3 Å². The second kappa shape index (κ2) is 8.36. The maximum atomic E-state index is 15.2. The zero-order chi connectivity index (χ0) is 21.3. The Balaban J connectivity index is 1.84. The molecule has 7 heteroatoms. The average Bonchev–Trinajstić information content (AvgIpc) is 3.28. The van der Waals surface area contributed by atoms with Crippen LogP contribution in [0.4, 0.5) is 13.2 Å². The number of aryl methyl sites for hydroxylation is 2. The third-order valence-corrected chi connectivity index (χ3v) is 7.12. The minimum atomic E-state index is -3.24. The van der Waals surface area contributed by atoms with E-state index in [4.69, 9.17) is 4.74 Å². The van der Waals surface area contributed by atoms with Crippen molar-refractivity contribution in [3.8, 4) is 0 Å². The number of hydrogen-bond acceptors (Lipinski definition) is 4. The zero-order valence-corrected chi connectivity index (χ0v) is 18.3. The minimum Gasteiger partial charge on any atom is -0.320 e. The highest BCUT2D eigenvalue weighted by molar-refractivity contribution is 7.10. The summed E-state index contributed by atoms with van der Waals surface area (Å²) in [6, 6.07) is 7.03. The van der Waals surface area contributed by atoms with E-state index in [9.17, 15) is 4.39 Å². The Morgan fingerprint density at radius 1 is 1.24 bits per heavy atom. The first kappa shape index (κ1) is 22.2. The average molecular weight is 427 g/mol. The Morgan fingerprint density at radius 3 is 2.59 bits per heavy atom. The molecule has 1 aliphatic rings. The predicted molar refractivity (Wildman–Crippen MR) is 110 cm³/mol. The maximum Gasteiger partial charge on any atom is 0.362 e. The van der Waals surface area contributed by atoms with Crippen molar-refractivity contribution in [2.45, 2.75) is 58.6 Å². The van der Waals surface area contributed by atoms with Gasteiger partial charge in [0.15, 0.2) is 5.13 Å². The monoisotopic (exact) mass is 426 g/mol. The van der Waals surface area contributed by atoms with Crippen LogP contribution in [0, 0.1) is 17.5 Å². The van der Waals surface area contributed by atoms with Crippen LogP contribution in [-0.2, 0) is 16.7 Å². The summed E-state index contributed by atoms with van der Waals surface area (Å²) in [7, 11) is 0. The van der Waals surface area contributed by atoms with Gasteiger partial charge >= 0.3 is 6.11 Å². The first-order valence-corrected chi connectivity index (χ1v) is 10.9. The number of halogens is 3. The van der Waals surface area contributed by atoms with Crippen molar-refractivity contribution in [1.29, 1.82) is 0 Å². The molecular formula is C22H29F3N2OS. The lowest BCUT2D eigenvalue weighted by Gasteiger charge is -2.40. The highest BCUT2D eigenvalue weighted by Crippen LogP contribution is 2.51. The number of nitrogens with zero attached hydrogens (tertiary/aromatic N) is 2. The largest absolute Gasteiger partial charge is 0.362 e. The zero-order valence-electron chi connectivity index (χ0n) is 17.5. The Bertz CT molecular complexity index is 822. The van der Waals surface area contributed by atoms with Crippen molar-refractivity contribution < 1.29 is 17.9 Å². The summed E-state index contributed by atoms with van der Waals surface area (Å²) in [6.45, 7) is 8.31. The molecule has 3 nitrogen and oxygen atoms in total. The quantitative estimate of drug-likeness (QED) is 0.535. The van der Waals surface area contributed by atoms with Crippen LogP contribution in [0.25, 0.3) is 0 Å². The van der Waals surface area contributed by atoms with Gasteiger partial charge in [-0.3, -0.25) is 9.88 Å². The highest BCUT2D eigenvalue weighted by atomic mass is 32.1. The van der Waals surface area contributed by atoms with E-state index in [-0.39, 0.29) is 24.7 Å². The van der Waals surface area contributed by atoms with Gasteiger partial charge in [-0.15, -0.1) is 11.3 Å². The summed E-state index contributed by atoms with van der Waals surface area (Å²) >= 11 is 1.02. The first-order valence-electron chi connectivity index (χ1n) is 10.0. The van der Waals surface area contributed by atoms with Gasteiger partial charge in [0, 0.05) is 28.9 Å². The van der Waals surface area contributed by atoms with E-state index >= 15 is 8.78 Å². The maximum absolute atomic E-state index is 15.2. The van der Waals surface area contributed by atoms with E-state index in [2.05, 4.69) is 9.88 Å². The van der Waals surface area contributed by atoms with Crippen molar-refractivity contribution in [3.63, 3.8) is 0 Å². The molecule has 1 fully saturated rings. The third kappa shape index (κ3) is 4.52. The van der Waals surface area contributed by atoms with Crippen LogP contribution in [0.15, 0.2) is 30.5 Å². The van der Waals surface area contributed by atoms with Gasteiger partial charge in [0.25, 0.3) is 0 Å². The standard InChI is InChI=1S/C22H29F3N2OS/c1-5-28-22(24,25)21(11-10-18-8-9-19(23)29-18)12-13-27(15-21)20(3,4)17-7-6-16(2)26-14-17/h6-9,14H,5,10-13,15H2,1-4H3/t21-/m1/s1. The molecule has 0 saturated carbocycles. The number of ether oxygens (including phenoxy) is 1. The number of alkyl halides is 2. The fraction of sp³-hybridized carbons (Fsp3) is 0.591. The van der Waals surface area contributed by atoms with Crippen molar-refractivity contribution in [2.75, 3.05) is 19.7 Å². The van der Waals surface area contributed by atoms with Crippen molar-refractivity contribution >= 4 is 11.3 Å². The third-order valence-electron chi connectivity index (χ3n) is 6.18. The molecule has 3 rings (SSSR count). The van der Waals surface area contributed by atoms with Crippen LogP contribution in [0.3, 0.4) is 0 Å². The normalized spacial score (nSPS) is 21.1. The molecule has 0 aromatic carbocycles. The fourth-order valence-electron chi connectivity index (χ4n) is 4.13. The molecule has 160 valence electrons. The molecule has 0 N–H and O–H groups in total. The number of thiophene rings is 1. The number of rotatable bonds is 8. The van der Waals surface area contributed by atoms with Gasteiger partial charge in [0.1, 0.15) is 0 Å². The molecule has 0 amide bonds. The molecule has 2 aromatic rings. The number of likely N-dealkylation sites (tertiary alicyclic amines) is 1. The van der Waals surface area contributed by atoms with E-state index in [1.807, 2.05) is 39.1 Å². The van der Waals surface area contributed by atoms with Crippen molar-refractivity contribution in [2.24, 2.45) is 5.41 Å². The van der Waals surface area contributed by atoms with Crippen molar-refractivity contribution in [3.05, 3.63) is 51.7 Å². The second-order valence-electron chi connectivity index (χ2n) is 8.35. The summed E-state index contributed by atoms with van der Waals surface area (Å²) in [5.41, 5.74) is 0.184. The van der Waals surface area contributed by atoms with E-state index in [0.717, 1.165) is 27.5 Å². The van der Waals surface area contributed by atoms with Gasteiger partial charge in [0.2, 0.25) is 0 Å². The van der Waals surface area contributed by atoms with Gasteiger partial charge in [0.05, 0.1) is 12.0 Å². The Morgan fingerprint density at radius 2 is 2.00 bits per heavy atom. The van der Waals surface area contributed by atoms with Gasteiger partial charge in [-0.25, -0.2) is 0 Å². The summed E-state index contributed by atoms with van der Waals surface area (Å²) in [5, 5.41) is -0.285. The van der Waals surface area contributed by atoms with E-state index in [1.54, 1.807) is 13.0 Å². The van der Waals surface area contributed by atoms with Crippen LogP contribution in [0.5, 0.6) is 0 Å². The highest BCUT2D eigenvalue weighted by Gasteiger charge is 2.59. The predicted octanol–water partition coefficient (Wildman–Crippen LogP) is 5.78. The van der Waals surface area contributed by atoms with Crippen LogP contribution in [0.2, 0.25) is 0 Å². The molecular weight excluding hydrogens is 397 g/mol. The smallest absolute Gasteiger partial charge is 0.320 e. The van der Waals surface area contributed by atoms with Crippen molar-refractivity contribution in [1.82, 2.24) is 9.88 Å². The Kier molecular flexibility index (Phi) is 6.41. The van der Waals surface area contributed by atoms with Crippen LogP contribution < -0.4 is 0 Å². The second-order valence-corrected chi connectivity index (χ2v) is 9.47. The SMILES string of the molecule is CCOC(F)(F)[C@]1(CCc2ccc(F)s2)CCN(C(C)(C)c2ccc(C)nc2)C1. The topological polar surface area (TPSA) is 25.4 Å². The lowest BCUT2D eigenvalue weighted by atomic mass is 9.80. The minimum absolute atomic E-state index is 0.0480. The molecule has 0 spiro atoms. The van der Waals surface area contributed by atoms with E-state index in [1.165, 1.54) is 6.07 Å². The molecule has 3 heterocycles. The molecule has 1 aliphatic heterocycles. The molecule has 1 saturated heterocycles. The van der Waals surface area contributed by atoms with Gasteiger partial charge in [-0.1, -0.05) is 6.07 Å². The molecule has 2 aromatic heterocycles.